The van der Waals surface area contributed by atoms with Crippen LogP contribution in [0.4, 0.5) is 0 Å². The summed E-state index contributed by atoms with van der Waals surface area (Å²) in [5.74, 6) is -0.825. The number of aliphatic hydroxyl groups is 4. The van der Waals surface area contributed by atoms with E-state index >= 15 is 0 Å². The molecule has 0 aromatic heterocycles. The topological polar surface area (TPSA) is 80.9 Å². The van der Waals surface area contributed by atoms with Crippen molar-refractivity contribution in [2.75, 3.05) is 6.61 Å². The first-order chi connectivity index (χ1) is 12.4. The second kappa shape index (κ2) is 8.07. The smallest absolute Gasteiger partial charge is 0.107 e. The number of hydrogen-bond donors (Lipinski definition) is 4. The lowest BCUT2D eigenvalue weighted by atomic mass is 9.73. The third kappa shape index (κ3) is 3.95. The Hall–Kier alpha value is -1.43. The fraction of sp³-hybridized carbons (Fsp3) is 0.429. The van der Waals surface area contributed by atoms with Gasteiger partial charge in [0.1, 0.15) is 6.10 Å². The summed E-state index contributed by atoms with van der Waals surface area (Å²) < 4.78 is 0. The van der Waals surface area contributed by atoms with Crippen LogP contribution in [0.2, 0.25) is 5.02 Å². The van der Waals surface area contributed by atoms with Gasteiger partial charge in [-0.1, -0.05) is 53.6 Å². The molecule has 0 unspecified atom stereocenters. The van der Waals surface area contributed by atoms with E-state index in [2.05, 4.69) is 24.3 Å². The maximum Gasteiger partial charge on any atom is 0.107 e. The zero-order valence-corrected chi connectivity index (χ0v) is 15.5. The summed E-state index contributed by atoms with van der Waals surface area (Å²) in [6.07, 6.45) is -2.40. The highest BCUT2D eigenvalue weighted by atomic mass is 35.5. The van der Waals surface area contributed by atoms with Crippen LogP contribution in [-0.2, 0) is 6.42 Å². The van der Waals surface area contributed by atoms with Gasteiger partial charge in [-0.2, -0.15) is 0 Å². The maximum absolute atomic E-state index is 10.4. The van der Waals surface area contributed by atoms with E-state index in [1.165, 1.54) is 5.56 Å². The van der Waals surface area contributed by atoms with Crippen molar-refractivity contribution >= 4 is 11.6 Å². The summed E-state index contributed by atoms with van der Waals surface area (Å²) in [6.45, 7) is 1.81. The minimum absolute atomic E-state index is 0.231. The molecule has 3 rings (SSSR count). The van der Waals surface area contributed by atoms with Gasteiger partial charge in [0.15, 0.2) is 0 Å². The third-order valence-corrected chi connectivity index (χ3v) is 5.77. The second-order valence-electron chi connectivity index (χ2n) is 7.27. The predicted octanol–water partition coefficient (Wildman–Crippen LogP) is 2.42. The highest BCUT2D eigenvalue weighted by Gasteiger charge is 2.42. The average Bonchev–Trinajstić information content (AvgIpc) is 2.64. The maximum atomic E-state index is 10.4. The minimum atomic E-state index is -1.28. The van der Waals surface area contributed by atoms with Crippen molar-refractivity contribution in [1.29, 1.82) is 0 Å². The molecule has 26 heavy (non-hydrogen) atoms. The first-order valence-corrected chi connectivity index (χ1v) is 9.27. The Morgan fingerprint density at radius 2 is 1.65 bits per heavy atom. The normalized spacial score (nSPS) is 28.9. The molecule has 2 aromatic rings. The molecule has 1 aliphatic carbocycles. The number of hydrogen-bond acceptors (Lipinski definition) is 4. The van der Waals surface area contributed by atoms with Gasteiger partial charge in [-0.25, -0.2) is 0 Å². The van der Waals surface area contributed by atoms with Gasteiger partial charge >= 0.3 is 0 Å². The lowest BCUT2D eigenvalue weighted by Crippen LogP contribution is -2.51. The summed E-state index contributed by atoms with van der Waals surface area (Å²) in [5, 5.41) is 40.7. The van der Waals surface area contributed by atoms with Crippen LogP contribution in [0.5, 0.6) is 0 Å². The largest absolute Gasteiger partial charge is 0.396 e. The molecule has 0 radical (unpaired) electrons. The molecule has 0 bridgehead atoms. The molecule has 4 N–H and O–H groups in total. The molecule has 0 heterocycles. The number of benzene rings is 2. The van der Waals surface area contributed by atoms with Crippen LogP contribution < -0.4 is 0 Å². The highest BCUT2D eigenvalue weighted by molar-refractivity contribution is 6.31. The molecule has 4 nitrogen and oxygen atoms in total. The van der Waals surface area contributed by atoms with Crippen LogP contribution >= 0.6 is 11.6 Å². The van der Waals surface area contributed by atoms with Crippen molar-refractivity contribution in [2.24, 2.45) is 5.92 Å². The van der Waals surface area contributed by atoms with Gasteiger partial charge in [0.25, 0.3) is 0 Å². The Morgan fingerprint density at radius 3 is 2.31 bits per heavy atom. The molecule has 2 aromatic carbocycles. The summed E-state index contributed by atoms with van der Waals surface area (Å²) in [5.41, 5.74) is 4.14. The van der Waals surface area contributed by atoms with Gasteiger partial charge in [0, 0.05) is 23.5 Å². The molecule has 1 aliphatic rings. The first kappa shape index (κ1) is 19.3. The summed E-state index contributed by atoms with van der Waals surface area (Å²) >= 11 is 6.37. The lowest BCUT2D eigenvalue weighted by molar-refractivity contribution is -0.127. The van der Waals surface area contributed by atoms with Crippen molar-refractivity contribution in [2.45, 2.75) is 44.0 Å². The van der Waals surface area contributed by atoms with Gasteiger partial charge in [0.2, 0.25) is 0 Å². The van der Waals surface area contributed by atoms with Crippen molar-refractivity contribution in [1.82, 2.24) is 0 Å². The fourth-order valence-electron chi connectivity index (χ4n) is 3.73. The van der Waals surface area contributed by atoms with Crippen LogP contribution in [0.3, 0.4) is 0 Å². The van der Waals surface area contributed by atoms with E-state index < -0.39 is 24.2 Å². The number of aliphatic hydroxyl groups excluding tert-OH is 4. The Balaban J connectivity index is 1.87. The lowest BCUT2D eigenvalue weighted by Gasteiger charge is -2.40. The number of halogens is 1. The molecule has 0 aliphatic heterocycles. The number of aryl methyl sites for hydroxylation is 1. The van der Waals surface area contributed by atoms with E-state index in [1.807, 2.05) is 19.1 Å². The van der Waals surface area contributed by atoms with Crippen LogP contribution in [0.15, 0.2) is 42.5 Å². The quantitative estimate of drug-likeness (QED) is 0.660. The Kier molecular flexibility index (Phi) is 6.00. The van der Waals surface area contributed by atoms with Gasteiger partial charge in [-0.3, -0.25) is 0 Å². The molecule has 0 saturated heterocycles. The van der Waals surface area contributed by atoms with Crippen molar-refractivity contribution in [3.8, 4) is 0 Å². The van der Waals surface area contributed by atoms with Crippen LogP contribution in [0, 0.1) is 12.8 Å². The molecule has 1 saturated carbocycles. The zero-order valence-electron chi connectivity index (χ0n) is 14.7. The standard InChI is InChI=1S/C21H25ClO4/c1-12-2-4-13(5-3-12)8-15-9-14(6-7-18(15)22)17-10-16(11-23)19(24)21(26)20(17)25/h2-7,9,16-17,19-21,23-26H,8,10-11H2,1H3/t16-,17+,19+,20-,21-/m0/s1. The van der Waals surface area contributed by atoms with E-state index in [9.17, 15) is 20.4 Å². The van der Waals surface area contributed by atoms with Crippen LogP contribution in [0.1, 0.15) is 34.6 Å². The van der Waals surface area contributed by atoms with E-state index in [0.717, 1.165) is 16.7 Å². The molecule has 140 valence electrons. The summed E-state index contributed by atoms with van der Waals surface area (Å²) in [4.78, 5) is 0. The molecule has 0 amide bonds. The number of rotatable bonds is 4. The van der Waals surface area contributed by atoms with E-state index in [1.54, 1.807) is 6.07 Å². The average molecular weight is 377 g/mol. The molecular weight excluding hydrogens is 352 g/mol. The summed E-state index contributed by atoms with van der Waals surface area (Å²) in [7, 11) is 0. The second-order valence-corrected chi connectivity index (χ2v) is 7.68. The predicted molar refractivity (Wildman–Crippen MR) is 101 cm³/mol. The van der Waals surface area contributed by atoms with Crippen molar-refractivity contribution in [3.05, 3.63) is 69.7 Å². The summed E-state index contributed by atoms with van der Waals surface area (Å²) in [6, 6.07) is 13.8. The van der Waals surface area contributed by atoms with Crippen molar-refractivity contribution in [3.63, 3.8) is 0 Å². The Labute approximate surface area is 158 Å². The van der Waals surface area contributed by atoms with Crippen molar-refractivity contribution < 1.29 is 20.4 Å². The van der Waals surface area contributed by atoms with Gasteiger partial charge < -0.3 is 20.4 Å². The van der Waals surface area contributed by atoms with E-state index in [0.29, 0.717) is 17.9 Å². The Bertz CT molecular complexity index is 744. The first-order valence-electron chi connectivity index (χ1n) is 8.89. The van der Waals surface area contributed by atoms with Crippen LogP contribution in [-0.4, -0.2) is 45.3 Å². The molecule has 5 heteroatoms. The van der Waals surface area contributed by atoms with E-state index in [-0.39, 0.29) is 12.5 Å². The fourth-order valence-corrected chi connectivity index (χ4v) is 3.91. The van der Waals surface area contributed by atoms with E-state index in [4.69, 9.17) is 11.6 Å². The third-order valence-electron chi connectivity index (χ3n) is 5.40. The highest BCUT2D eigenvalue weighted by Crippen LogP contribution is 2.38. The molecule has 1 fully saturated rings. The molecule has 0 spiro atoms. The zero-order chi connectivity index (χ0) is 18.8. The van der Waals surface area contributed by atoms with Crippen LogP contribution in [0.25, 0.3) is 0 Å². The van der Waals surface area contributed by atoms with Gasteiger partial charge in [-0.05, 0) is 42.5 Å². The molecule has 5 atom stereocenters. The molecular formula is C21H25ClO4. The monoisotopic (exact) mass is 376 g/mol. The van der Waals surface area contributed by atoms with Gasteiger partial charge in [0.05, 0.1) is 12.2 Å². The minimum Gasteiger partial charge on any atom is -0.396 e. The SMILES string of the molecule is Cc1ccc(Cc2cc([C@H]3C[C@@H](CO)[C@@H](O)[C@H](O)[C@H]3O)ccc2Cl)cc1. The Morgan fingerprint density at radius 1 is 0.962 bits per heavy atom. The van der Waals surface area contributed by atoms with Gasteiger partial charge in [-0.15, -0.1) is 0 Å².